The molecule has 10 nitrogen and oxygen atoms in total. The van der Waals surface area contributed by atoms with E-state index in [0.29, 0.717) is 16.5 Å². The van der Waals surface area contributed by atoms with E-state index in [2.05, 4.69) is 20.3 Å². The van der Waals surface area contributed by atoms with E-state index in [1.54, 1.807) is 24.3 Å². The maximum Gasteiger partial charge on any atom is 0.411 e. The molecule has 0 heterocycles. The van der Waals surface area contributed by atoms with E-state index in [1.807, 2.05) is 0 Å². The molecule has 1 amide bonds. The number of sulfonamides is 1. The normalized spacial score (nSPS) is 11.7. The molecule has 150 valence electrons. The minimum absolute atomic E-state index is 0.00471. The van der Waals surface area contributed by atoms with Gasteiger partial charge in [0.2, 0.25) is 10.0 Å². The highest BCUT2D eigenvalue weighted by molar-refractivity contribution is 7.89. The van der Waals surface area contributed by atoms with Gasteiger partial charge in [0, 0.05) is 5.39 Å². The van der Waals surface area contributed by atoms with Crippen molar-refractivity contribution in [3.8, 4) is 11.5 Å². The molecule has 3 rings (SSSR count). The molecule has 3 aromatic carbocycles. The van der Waals surface area contributed by atoms with Crippen LogP contribution in [0.4, 0.5) is 21.9 Å². The van der Waals surface area contributed by atoms with Gasteiger partial charge in [-0.15, -0.1) is 10.2 Å². The summed E-state index contributed by atoms with van der Waals surface area (Å²) >= 11 is 0. The fourth-order valence-corrected chi connectivity index (χ4v) is 3.11. The standard InChI is InChI=1S/C18H16N4O6S/c1-28-18(25)20-12-4-2-3-10-5-7-15(24)17(16(10)12)22-21-13-9-11(29(19,26)27)6-8-14(13)23/h2-9,23-24H,1H3,(H,20,25)(H2,19,26,27). The Kier molecular flexibility index (Phi) is 5.35. The molecule has 3 aromatic rings. The van der Waals surface area contributed by atoms with Crippen LogP contribution in [0.3, 0.4) is 0 Å². The number of nitrogens with zero attached hydrogens (tertiary/aromatic N) is 2. The second kappa shape index (κ2) is 7.73. The third-order valence-corrected chi connectivity index (χ3v) is 4.86. The van der Waals surface area contributed by atoms with Crippen LogP contribution in [0.2, 0.25) is 0 Å². The minimum Gasteiger partial charge on any atom is -0.506 e. The molecule has 11 heteroatoms. The zero-order valence-electron chi connectivity index (χ0n) is 15.0. The Bertz CT molecular complexity index is 1240. The van der Waals surface area contributed by atoms with Crippen LogP contribution < -0.4 is 10.5 Å². The van der Waals surface area contributed by atoms with Crippen molar-refractivity contribution in [2.45, 2.75) is 4.90 Å². The number of carbonyl (C=O) groups excluding carboxylic acids is 1. The summed E-state index contributed by atoms with van der Waals surface area (Å²) in [5, 5.41) is 36.6. The van der Waals surface area contributed by atoms with Crippen molar-refractivity contribution in [2.24, 2.45) is 15.4 Å². The number of rotatable bonds is 4. The van der Waals surface area contributed by atoms with Gasteiger partial charge in [0.1, 0.15) is 22.9 Å². The first-order valence-electron chi connectivity index (χ1n) is 8.08. The minimum atomic E-state index is -4.01. The molecule has 0 aliphatic carbocycles. The SMILES string of the molecule is COC(=O)Nc1cccc2ccc(O)c(N=Nc3cc(S(N)(=O)=O)ccc3O)c12. The van der Waals surface area contributed by atoms with Gasteiger partial charge in [0.05, 0.1) is 17.7 Å². The Morgan fingerprint density at radius 2 is 1.79 bits per heavy atom. The Balaban J connectivity index is 2.16. The van der Waals surface area contributed by atoms with E-state index in [-0.39, 0.29) is 27.8 Å². The molecule has 0 atom stereocenters. The van der Waals surface area contributed by atoms with Crippen LogP contribution in [-0.2, 0) is 14.8 Å². The predicted octanol–water partition coefficient (Wildman–Crippen LogP) is 3.49. The van der Waals surface area contributed by atoms with Crippen LogP contribution >= 0.6 is 0 Å². The number of nitrogens with two attached hydrogens (primary N) is 1. The summed E-state index contributed by atoms with van der Waals surface area (Å²) in [7, 11) is -2.81. The number of primary sulfonamides is 1. The quantitative estimate of drug-likeness (QED) is 0.475. The van der Waals surface area contributed by atoms with Crippen molar-refractivity contribution in [2.75, 3.05) is 12.4 Å². The number of phenolic OH excluding ortho intramolecular Hbond substituents is 2. The van der Waals surface area contributed by atoms with Crippen LogP contribution in [0.25, 0.3) is 10.8 Å². The number of methoxy groups -OCH3 is 1. The third kappa shape index (κ3) is 4.25. The van der Waals surface area contributed by atoms with Gasteiger partial charge in [-0.05, 0) is 35.7 Å². The van der Waals surface area contributed by atoms with Crippen molar-refractivity contribution in [3.05, 3.63) is 48.5 Å². The first-order valence-corrected chi connectivity index (χ1v) is 9.62. The van der Waals surface area contributed by atoms with Gasteiger partial charge < -0.3 is 14.9 Å². The fourth-order valence-electron chi connectivity index (χ4n) is 2.58. The van der Waals surface area contributed by atoms with Crippen molar-refractivity contribution in [1.29, 1.82) is 0 Å². The number of azo groups is 1. The summed E-state index contributed by atoms with van der Waals surface area (Å²) in [4.78, 5) is 11.4. The molecule has 0 fully saturated rings. The molecule has 5 N–H and O–H groups in total. The van der Waals surface area contributed by atoms with Crippen LogP contribution in [0, 0.1) is 0 Å². The summed E-state index contributed by atoms with van der Waals surface area (Å²) in [6.07, 6.45) is -0.720. The summed E-state index contributed by atoms with van der Waals surface area (Å²) in [6.45, 7) is 0. The maximum atomic E-state index is 11.6. The summed E-state index contributed by atoms with van der Waals surface area (Å²) < 4.78 is 27.6. The number of aromatic hydroxyl groups is 2. The molecule has 0 unspecified atom stereocenters. The van der Waals surface area contributed by atoms with Gasteiger partial charge in [-0.2, -0.15) is 0 Å². The van der Waals surface area contributed by atoms with E-state index >= 15 is 0 Å². The van der Waals surface area contributed by atoms with Crippen molar-refractivity contribution in [1.82, 2.24) is 0 Å². The lowest BCUT2D eigenvalue weighted by molar-refractivity contribution is 0.187. The van der Waals surface area contributed by atoms with E-state index in [0.717, 1.165) is 18.2 Å². The molecule has 0 aliphatic heterocycles. The molecule has 0 radical (unpaired) electrons. The van der Waals surface area contributed by atoms with Gasteiger partial charge >= 0.3 is 6.09 Å². The molecule has 0 aliphatic rings. The molecular formula is C18H16N4O6S. The Labute approximate surface area is 165 Å². The fraction of sp³-hybridized carbons (Fsp3) is 0.0556. The number of fused-ring (bicyclic) bond motifs is 1. The molecule has 0 bridgehead atoms. The van der Waals surface area contributed by atoms with Gasteiger partial charge in [0.15, 0.2) is 0 Å². The number of anilines is 1. The summed E-state index contributed by atoms with van der Waals surface area (Å²) in [6, 6.07) is 11.3. The van der Waals surface area contributed by atoms with Crippen LogP contribution in [-0.4, -0.2) is 31.8 Å². The highest BCUT2D eigenvalue weighted by atomic mass is 32.2. The largest absolute Gasteiger partial charge is 0.506 e. The lowest BCUT2D eigenvalue weighted by atomic mass is 10.1. The molecule has 29 heavy (non-hydrogen) atoms. The van der Waals surface area contributed by atoms with Crippen molar-refractivity contribution >= 4 is 44.0 Å². The second-order valence-corrected chi connectivity index (χ2v) is 7.41. The predicted molar refractivity (Wildman–Crippen MR) is 105 cm³/mol. The number of amides is 1. The molecule has 0 saturated carbocycles. The number of phenols is 2. The zero-order valence-corrected chi connectivity index (χ0v) is 15.8. The number of benzene rings is 3. The topological polar surface area (TPSA) is 164 Å². The van der Waals surface area contributed by atoms with E-state index in [4.69, 9.17) is 5.14 Å². The van der Waals surface area contributed by atoms with Crippen molar-refractivity contribution < 1.29 is 28.2 Å². The number of ether oxygens (including phenoxy) is 1. The molecule has 0 spiro atoms. The zero-order chi connectivity index (χ0) is 21.2. The van der Waals surface area contributed by atoms with Gasteiger partial charge in [0.25, 0.3) is 0 Å². The molecular weight excluding hydrogens is 400 g/mol. The lowest BCUT2D eigenvalue weighted by Gasteiger charge is -2.10. The number of hydrogen-bond donors (Lipinski definition) is 4. The number of hydrogen-bond acceptors (Lipinski definition) is 8. The van der Waals surface area contributed by atoms with Crippen LogP contribution in [0.15, 0.2) is 63.7 Å². The van der Waals surface area contributed by atoms with E-state index in [9.17, 15) is 23.4 Å². The molecule has 0 saturated heterocycles. The summed E-state index contributed by atoms with van der Waals surface area (Å²) in [5.74, 6) is -0.587. The smallest absolute Gasteiger partial charge is 0.411 e. The highest BCUT2D eigenvalue weighted by Gasteiger charge is 2.14. The van der Waals surface area contributed by atoms with Crippen LogP contribution in [0.1, 0.15) is 0 Å². The highest BCUT2D eigenvalue weighted by Crippen LogP contribution is 2.41. The van der Waals surface area contributed by atoms with E-state index in [1.165, 1.54) is 13.2 Å². The van der Waals surface area contributed by atoms with E-state index < -0.39 is 16.1 Å². The lowest BCUT2D eigenvalue weighted by Crippen LogP contribution is -2.11. The average Bonchev–Trinajstić information content (AvgIpc) is 2.67. The Morgan fingerprint density at radius 3 is 2.48 bits per heavy atom. The summed E-state index contributed by atoms with van der Waals surface area (Å²) in [5.41, 5.74) is 0.128. The van der Waals surface area contributed by atoms with Gasteiger partial charge in [-0.1, -0.05) is 18.2 Å². The first kappa shape index (κ1) is 20.0. The monoisotopic (exact) mass is 416 g/mol. The Morgan fingerprint density at radius 1 is 1.07 bits per heavy atom. The van der Waals surface area contributed by atoms with Gasteiger partial charge in [-0.25, -0.2) is 18.4 Å². The Hall–Kier alpha value is -3.70. The number of nitrogens with one attached hydrogen (secondary N) is 1. The molecule has 0 aromatic heterocycles. The number of carbonyl (C=O) groups is 1. The maximum absolute atomic E-state index is 11.6. The van der Waals surface area contributed by atoms with Crippen molar-refractivity contribution in [3.63, 3.8) is 0 Å². The average molecular weight is 416 g/mol. The van der Waals surface area contributed by atoms with Crippen LogP contribution in [0.5, 0.6) is 11.5 Å². The third-order valence-electron chi connectivity index (χ3n) is 3.95. The first-order chi connectivity index (χ1) is 13.7. The van der Waals surface area contributed by atoms with Gasteiger partial charge in [-0.3, -0.25) is 5.32 Å². The second-order valence-electron chi connectivity index (χ2n) is 5.85.